The molecule has 1 aliphatic heterocycles. The van der Waals surface area contributed by atoms with Gasteiger partial charge in [-0.25, -0.2) is 4.79 Å². The summed E-state index contributed by atoms with van der Waals surface area (Å²) in [5.41, 5.74) is 16.4. The Balaban J connectivity index is 1.16. The number of benzene rings is 1. The van der Waals surface area contributed by atoms with Crippen molar-refractivity contribution in [3.8, 4) is 17.6 Å². The molecule has 5 amide bonds. The van der Waals surface area contributed by atoms with Crippen LogP contribution in [0.1, 0.15) is 86.9 Å². The van der Waals surface area contributed by atoms with Crippen molar-refractivity contribution in [3.05, 3.63) is 95.5 Å². The lowest BCUT2D eigenvalue weighted by Crippen LogP contribution is -2.49. The van der Waals surface area contributed by atoms with E-state index < -0.39 is 53.8 Å². The summed E-state index contributed by atoms with van der Waals surface area (Å²) in [5, 5.41) is 20.7. The van der Waals surface area contributed by atoms with E-state index in [2.05, 4.69) is 75.6 Å². The second kappa shape index (κ2) is 35.1. The molecule has 2 aromatic rings. The van der Waals surface area contributed by atoms with Gasteiger partial charge >= 0.3 is 5.69 Å². The molecule has 1 saturated heterocycles. The zero-order chi connectivity index (χ0) is 53.3. The molecule has 1 aromatic heterocycles. The number of hydrogen-bond donors (Lipinski definition) is 6. The van der Waals surface area contributed by atoms with Crippen LogP contribution in [-0.4, -0.2) is 129 Å². The van der Waals surface area contributed by atoms with E-state index in [4.69, 9.17) is 34.7 Å². The highest BCUT2D eigenvalue weighted by Crippen LogP contribution is 2.48. The number of carbonyl (C=O) groups is 5. The smallest absolute Gasteiger partial charge is 0.330 e. The van der Waals surface area contributed by atoms with Crippen molar-refractivity contribution < 1.29 is 52.2 Å². The maximum atomic E-state index is 13.3. The molecule has 400 valence electrons. The van der Waals surface area contributed by atoms with Gasteiger partial charge in [-0.2, -0.15) is 0 Å². The van der Waals surface area contributed by atoms with Crippen molar-refractivity contribution in [1.82, 2.24) is 36.1 Å². The summed E-state index contributed by atoms with van der Waals surface area (Å²) >= 11 is 0. The normalized spacial score (nSPS) is 18.6. The minimum absolute atomic E-state index is 0.0190. The monoisotopic (exact) mass is 1090 g/mol. The fraction of sp³-hybridized carbons (Fsp3) is 0.578. The van der Waals surface area contributed by atoms with E-state index in [0.717, 1.165) is 25.7 Å². The zero-order valence-electron chi connectivity index (χ0n) is 40.8. The number of aromatic amines is 1. The molecule has 2 aliphatic rings. The summed E-state index contributed by atoms with van der Waals surface area (Å²) in [6.45, 7) is 0.904. The van der Waals surface area contributed by atoms with Crippen LogP contribution in [0.4, 0.5) is 0 Å². The number of aromatic nitrogens is 2. The molecule has 26 nitrogen and oxygen atoms in total. The lowest BCUT2D eigenvalue weighted by atomic mass is 9.93. The van der Waals surface area contributed by atoms with Gasteiger partial charge in [0.15, 0.2) is 14.4 Å². The molecular formula is C45H62N13O13P3. The Morgan fingerprint density at radius 2 is 1.85 bits per heavy atom. The molecule has 1 aromatic carbocycles. The fourth-order valence-corrected chi connectivity index (χ4v) is 10.7. The summed E-state index contributed by atoms with van der Waals surface area (Å²) in [6, 6.07) is 5.46. The van der Waals surface area contributed by atoms with Crippen molar-refractivity contribution in [1.29, 1.82) is 0 Å². The summed E-state index contributed by atoms with van der Waals surface area (Å²) in [4.78, 5) is 96.0. The molecule has 0 spiro atoms. The van der Waals surface area contributed by atoms with Crippen LogP contribution in [0.5, 0.6) is 5.75 Å². The van der Waals surface area contributed by atoms with E-state index in [-0.39, 0.29) is 116 Å². The summed E-state index contributed by atoms with van der Waals surface area (Å²) in [6.07, 6.45) is 8.89. The molecule has 4 rings (SSSR count). The Morgan fingerprint density at radius 1 is 1.03 bits per heavy atom. The molecule has 1 aliphatic carbocycles. The zero-order valence-corrected chi connectivity index (χ0v) is 43.7. The molecule has 1 fully saturated rings. The molecule has 74 heavy (non-hydrogen) atoms. The molecule has 0 saturated carbocycles. The molecule has 5 unspecified atom stereocenters. The average Bonchev–Trinajstić information content (AvgIpc) is 3.77. The molecule has 29 heteroatoms. The third-order valence-electron chi connectivity index (χ3n) is 11.1. The number of nitrogens with zero attached hydrogens (tertiary/aromatic N) is 7. The quantitative estimate of drug-likeness (QED) is 0.0119. The minimum atomic E-state index is -1.10. The van der Waals surface area contributed by atoms with Crippen LogP contribution < -0.4 is 42.6 Å². The second-order valence-electron chi connectivity index (χ2n) is 16.5. The SMILES string of the molecule is CC(=O)NCCCCC(NC(=O)C1CC/C=C/CCC1)C(=O)NCCNC(=O)c1cccc(OCC(N=[N+]=[N-])OCCOCC(=O)NCC#Cc2cn([C@H]3C[C@@H](OCN=[N+]=[N-])[C@@H](CPPP=O)O3)c(=O)[nH]c2=O)c1. The maximum absolute atomic E-state index is 13.3. The van der Waals surface area contributed by atoms with Crippen LogP contribution in [0.3, 0.4) is 0 Å². The lowest BCUT2D eigenvalue weighted by Gasteiger charge is -2.23. The van der Waals surface area contributed by atoms with Crippen molar-refractivity contribution in [2.75, 3.05) is 65.5 Å². The second-order valence-corrected chi connectivity index (χ2v) is 21.9. The summed E-state index contributed by atoms with van der Waals surface area (Å²) in [7, 11) is 0.513. The standard InChI is InChI=1S/C45H62N13O13P3/c1-30(59)48-17-8-7-16-35(53-42(62)31-11-5-3-2-4-6-12-31)44(64)51-20-19-50-41(61)32-13-9-15-34(23-32)69-27-39(55-57-47)68-22-21-67-26-38(60)49-18-10-14-33-25-58(45(65)54-43(33)63)40-24-36(70-29-52-56-46)37(71-40)28-72-74-73-66/h2-3,9,13,15,23,25,31,35-37,39-40,72,74H,4-8,11-12,16-22,24,26-29H2,1H3,(H,48,59)(H,49,60)(H,50,61)(H,51,64)(H,53,62)(H,54,63,65)/b3-2+/t31?,35?,36-,37-,39?,40-/m1/s1. The predicted molar refractivity (Wildman–Crippen MR) is 275 cm³/mol. The highest BCUT2D eigenvalue weighted by molar-refractivity contribution is 8.40. The predicted octanol–water partition coefficient (Wildman–Crippen LogP) is 3.95. The first-order valence-corrected chi connectivity index (χ1v) is 28.7. The Labute approximate surface area is 431 Å². The number of ether oxygens (including phenoxy) is 5. The highest BCUT2D eigenvalue weighted by atomic mass is 32.4. The average molecular weight is 1090 g/mol. The summed E-state index contributed by atoms with van der Waals surface area (Å²) in [5.74, 6) is 3.73. The number of amides is 5. The van der Waals surface area contributed by atoms with E-state index >= 15 is 0 Å². The van der Waals surface area contributed by atoms with Crippen LogP contribution in [0.15, 0.2) is 62.4 Å². The Morgan fingerprint density at radius 3 is 2.65 bits per heavy atom. The number of azide groups is 2. The number of carbonyl (C=O) groups excluding carboxylic acids is 5. The largest absolute Gasteiger partial charge is 0.491 e. The molecule has 0 bridgehead atoms. The molecular weight excluding hydrogens is 1020 g/mol. The lowest BCUT2D eigenvalue weighted by molar-refractivity contribution is -0.131. The van der Waals surface area contributed by atoms with Crippen molar-refractivity contribution in [3.63, 3.8) is 0 Å². The van der Waals surface area contributed by atoms with Gasteiger partial charge in [-0.3, -0.25) is 42.9 Å². The number of hydrogen-bond acceptors (Lipinski definition) is 15. The number of unbranched alkanes of at least 4 members (excludes halogenated alkanes) is 1. The molecule has 8 atom stereocenters. The molecule has 2 heterocycles. The van der Waals surface area contributed by atoms with Crippen LogP contribution in [-0.2, 0) is 42.7 Å². The maximum Gasteiger partial charge on any atom is 0.330 e. The minimum Gasteiger partial charge on any atom is -0.491 e. The van der Waals surface area contributed by atoms with E-state index in [9.17, 15) is 38.1 Å². The molecule has 0 radical (unpaired) electrons. The van der Waals surface area contributed by atoms with Crippen LogP contribution in [0.25, 0.3) is 20.9 Å². The third-order valence-corrected chi connectivity index (χ3v) is 15.6. The molecule has 6 N–H and O–H groups in total. The number of rotatable bonds is 31. The van der Waals surface area contributed by atoms with Gasteiger partial charge in [0.25, 0.3) is 11.5 Å². The van der Waals surface area contributed by atoms with Gasteiger partial charge in [0, 0.05) is 60.5 Å². The van der Waals surface area contributed by atoms with Crippen LogP contribution in [0, 0.1) is 17.8 Å². The number of H-pyrrole nitrogens is 1. The van der Waals surface area contributed by atoms with E-state index in [1.165, 1.54) is 23.8 Å². The first kappa shape index (κ1) is 60.3. The van der Waals surface area contributed by atoms with E-state index in [0.29, 0.717) is 46.7 Å². The fourth-order valence-electron chi connectivity index (χ4n) is 7.46. The van der Waals surface area contributed by atoms with Crippen molar-refractivity contribution >= 4 is 53.9 Å². The first-order chi connectivity index (χ1) is 35.9. The van der Waals surface area contributed by atoms with Gasteiger partial charge < -0.3 is 50.3 Å². The van der Waals surface area contributed by atoms with Gasteiger partial charge in [0.05, 0.1) is 32.0 Å². The van der Waals surface area contributed by atoms with Gasteiger partial charge in [-0.15, -0.1) is 0 Å². The van der Waals surface area contributed by atoms with Gasteiger partial charge in [0.1, 0.15) is 43.5 Å². The van der Waals surface area contributed by atoms with Crippen LogP contribution >= 0.6 is 24.4 Å². The van der Waals surface area contributed by atoms with Gasteiger partial charge in [-0.05, 0) is 94.7 Å². The van der Waals surface area contributed by atoms with E-state index in [1.807, 2.05) is 0 Å². The Kier molecular flexibility index (Phi) is 28.6. The number of allylic oxidation sites excluding steroid dienone is 2. The topological polar surface area (TPSA) is 361 Å². The third kappa shape index (κ3) is 22.9. The van der Waals surface area contributed by atoms with Gasteiger partial charge in [0.2, 0.25) is 23.6 Å². The number of nitrogens with one attached hydrogen (secondary N) is 6. The van der Waals surface area contributed by atoms with Gasteiger partial charge in [-0.1, -0.05) is 48.6 Å². The summed E-state index contributed by atoms with van der Waals surface area (Å²) < 4.78 is 40.4. The Hall–Kier alpha value is -6.23. The Bertz CT molecular complexity index is 2510. The highest BCUT2D eigenvalue weighted by Gasteiger charge is 2.37. The van der Waals surface area contributed by atoms with Crippen LogP contribution in [0.2, 0.25) is 0 Å². The van der Waals surface area contributed by atoms with Crippen molar-refractivity contribution in [2.45, 2.75) is 95.4 Å². The van der Waals surface area contributed by atoms with Crippen molar-refractivity contribution in [2.24, 2.45) is 16.1 Å². The van der Waals surface area contributed by atoms with E-state index in [1.54, 1.807) is 18.2 Å². The first-order valence-electron chi connectivity index (χ1n) is 23.8.